The molecule has 0 N–H and O–H groups in total. The number of benzene rings is 1. The molecule has 0 radical (unpaired) electrons. The molecule has 0 fully saturated rings. The Balaban J connectivity index is 2.91. The first-order valence-corrected chi connectivity index (χ1v) is 8.47. The van der Waals surface area contributed by atoms with Gasteiger partial charge >= 0.3 is 6.61 Å². The summed E-state index contributed by atoms with van der Waals surface area (Å²) in [7, 11) is 0. The second-order valence-electron chi connectivity index (χ2n) is 5.62. The zero-order chi connectivity index (χ0) is 18.7. The van der Waals surface area contributed by atoms with Crippen LogP contribution in [0.15, 0.2) is 29.8 Å². The summed E-state index contributed by atoms with van der Waals surface area (Å²) in [6, 6.07) is 7.77. The van der Waals surface area contributed by atoms with Crippen LogP contribution in [0.25, 0.3) is 6.08 Å². The third-order valence-electron chi connectivity index (χ3n) is 3.62. The van der Waals surface area contributed by atoms with Crippen molar-refractivity contribution in [3.05, 3.63) is 35.4 Å². The molecule has 4 nitrogen and oxygen atoms in total. The van der Waals surface area contributed by atoms with E-state index in [0.717, 1.165) is 25.7 Å². The van der Waals surface area contributed by atoms with Crippen molar-refractivity contribution in [2.24, 2.45) is 0 Å². The molecule has 6 heteroatoms. The molecule has 0 saturated heterocycles. The monoisotopic (exact) mass is 350 g/mol. The van der Waals surface area contributed by atoms with Crippen molar-refractivity contribution >= 4 is 12.0 Å². The summed E-state index contributed by atoms with van der Waals surface area (Å²) < 4.78 is 28.6. The number of unbranched alkanes of at least 4 members (excludes halogenated alkanes) is 2. The molecule has 0 spiro atoms. The number of carbonyl (C=O) groups excluding carboxylic acids is 1. The number of nitriles is 1. The molecule has 0 heterocycles. The Morgan fingerprint density at radius 2 is 1.76 bits per heavy atom. The molecule has 0 aliphatic carbocycles. The van der Waals surface area contributed by atoms with E-state index >= 15 is 0 Å². The molecular weight excluding hydrogens is 326 g/mol. The van der Waals surface area contributed by atoms with Gasteiger partial charge in [-0.3, -0.25) is 4.79 Å². The van der Waals surface area contributed by atoms with E-state index in [2.05, 4.69) is 4.74 Å². The standard InChI is InChI=1S/C19H24F2N2O2/c1-3-5-11-23(12-6-4-2)18(24)16(14-22)13-15-7-9-17(10-8-15)25-19(20)21/h7-10,13,19H,3-6,11-12H2,1-2H3/b16-13+. The molecule has 0 atom stereocenters. The highest BCUT2D eigenvalue weighted by Crippen LogP contribution is 2.17. The van der Waals surface area contributed by atoms with Gasteiger partial charge in [-0.25, -0.2) is 0 Å². The molecule has 25 heavy (non-hydrogen) atoms. The van der Waals surface area contributed by atoms with Gasteiger partial charge in [-0.15, -0.1) is 0 Å². The number of hydrogen-bond donors (Lipinski definition) is 0. The van der Waals surface area contributed by atoms with E-state index < -0.39 is 6.61 Å². The average molecular weight is 350 g/mol. The Morgan fingerprint density at radius 1 is 1.20 bits per heavy atom. The molecule has 0 aliphatic rings. The number of amides is 1. The maximum Gasteiger partial charge on any atom is 0.387 e. The molecule has 0 aromatic heterocycles. The molecule has 1 aromatic rings. The van der Waals surface area contributed by atoms with Gasteiger partial charge in [-0.2, -0.15) is 14.0 Å². The summed E-state index contributed by atoms with van der Waals surface area (Å²) in [5, 5.41) is 9.34. The lowest BCUT2D eigenvalue weighted by Crippen LogP contribution is -2.33. The SMILES string of the molecule is CCCCN(CCCC)C(=O)/C(C#N)=C/c1ccc(OC(F)F)cc1. The van der Waals surface area contributed by atoms with E-state index in [1.54, 1.807) is 4.90 Å². The smallest absolute Gasteiger partial charge is 0.387 e. The molecule has 136 valence electrons. The second kappa shape index (κ2) is 11.2. The van der Waals surface area contributed by atoms with Crippen LogP contribution in [0.4, 0.5) is 8.78 Å². The molecule has 0 unspecified atom stereocenters. The zero-order valence-electron chi connectivity index (χ0n) is 14.7. The van der Waals surface area contributed by atoms with Crippen molar-refractivity contribution in [1.82, 2.24) is 4.90 Å². The molecule has 0 aliphatic heterocycles. The summed E-state index contributed by atoms with van der Waals surface area (Å²) >= 11 is 0. The first-order valence-electron chi connectivity index (χ1n) is 8.47. The van der Waals surface area contributed by atoms with Gasteiger partial charge in [0.25, 0.3) is 5.91 Å². The fraction of sp³-hybridized carbons (Fsp3) is 0.474. The Kier molecular flexibility index (Phi) is 9.23. The van der Waals surface area contributed by atoms with E-state index in [9.17, 15) is 18.8 Å². The zero-order valence-corrected chi connectivity index (χ0v) is 14.7. The largest absolute Gasteiger partial charge is 0.435 e. The van der Waals surface area contributed by atoms with Crippen LogP contribution in [0.3, 0.4) is 0 Å². The van der Waals surface area contributed by atoms with Gasteiger partial charge in [0.1, 0.15) is 17.4 Å². The maximum absolute atomic E-state index is 12.6. The minimum absolute atomic E-state index is 0.0319. The molecule has 1 amide bonds. The van der Waals surface area contributed by atoms with Crippen molar-refractivity contribution in [3.8, 4) is 11.8 Å². The van der Waals surface area contributed by atoms with Crippen molar-refractivity contribution < 1.29 is 18.3 Å². The number of nitrogens with zero attached hydrogens (tertiary/aromatic N) is 2. The van der Waals surface area contributed by atoms with Gasteiger partial charge in [0.2, 0.25) is 0 Å². The maximum atomic E-state index is 12.6. The first kappa shape index (κ1) is 20.6. The predicted octanol–water partition coefficient (Wildman–Crippen LogP) is 4.62. The van der Waals surface area contributed by atoms with Crippen molar-refractivity contribution in [3.63, 3.8) is 0 Å². The highest BCUT2D eigenvalue weighted by atomic mass is 19.3. The number of carbonyl (C=O) groups is 1. The van der Waals surface area contributed by atoms with Crippen LogP contribution in [-0.2, 0) is 4.79 Å². The predicted molar refractivity (Wildman–Crippen MR) is 93.1 cm³/mol. The van der Waals surface area contributed by atoms with Gasteiger partial charge in [-0.05, 0) is 36.6 Å². The summed E-state index contributed by atoms with van der Waals surface area (Å²) in [6.45, 7) is 2.45. The van der Waals surface area contributed by atoms with Crippen LogP contribution in [-0.4, -0.2) is 30.5 Å². The number of hydrogen-bond acceptors (Lipinski definition) is 3. The van der Waals surface area contributed by atoms with Crippen LogP contribution < -0.4 is 4.74 Å². The summed E-state index contributed by atoms with van der Waals surface area (Å²) in [6.07, 6.45) is 5.17. The van der Waals surface area contributed by atoms with Gasteiger partial charge in [0.05, 0.1) is 0 Å². The second-order valence-corrected chi connectivity index (χ2v) is 5.62. The Hall–Kier alpha value is -2.42. The number of halogens is 2. The normalized spacial score (nSPS) is 11.3. The molecular formula is C19H24F2N2O2. The Labute approximate surface area is 147 Å². The molecule has 0 saturated carbocycles. The van der Waals surface area contributed by atoms with Crippen LogP contribution in [0.5, 0.6) is 5.75 Å². The van der Waals surface area contributed by atoms with E-state index in [4.69, 9.17) is 0 Å². The molecule has 1 rings (SSSR count). The fourth-order valence-corrected chi connectivity index (χ4v) is 2.24. The minimum atomic E-state index is -2.89. The third kappa shape index (κ3) is 7.34. The first-order chi connectivity index (χ1) is 12.0. The van der Waals surface area contributed by atoms with E-state index in [0.29, 0.717) is 18.7 Å². The lowest BCUT2D eigenvalue weighted by Gasteiger charge is -2.22. The van der Waals surface area contributed by atoms with Gasteiger partial charge in [0, 0.05) is 13.1 Å². The van der Waals surface area contributed by atoms with Gasteiger partial charge in [-0.1, -0.05) is 38.8 Å². The molecule has 1 aromatic carbocycles. The van der Waals surface area contributed by atoms with E-state index in [1.165, 1.54) is 30.3 Å². The van der Waals surface area contributed by atoms with Gasteiger partial charge in [0.15, 0.2) is 0 Å². The van der Waals surface area contributed by atoms with Crippen molar-refractivity contribution in [1.29, 1.82) is 5.26 Å². The Morgan fingerprint density at radius 3 is 2.20 bits per heavy atom. The third-order valence-corrected chi connectivity index (χ3v) is 3.62. The summed E-state index contributed by atoms with van der Waals surface area (Å²) in [4.78, 5) is 14.3. The minimum Gasteiger partial charge on any atom is -0.435 e. The lowest BCUT2D eigenvalue weighted by molar-refractivity contribution is -0.126. The van der Waals surface area contributed by atoms with Crippen LogP contribution in [0, 0.1) is 11.3 Å². The fourth-order valence-electron chi connectivity index (χ4n) is 2.24. The summed E-state index contributed by atoms with van der Waals surface area (Å²) in [5.74, 6) is -0.262. The quantitative estimate of drug-likeness (QED) is 0.457. The van der Waals surface area contributed by atoms with Crippen molar-refractivity contribution in [2.45, 2.75) is 46.1 Å². The highest BCUT2D eigenvalue weighted by Gasteiger charge is 2.17. The van der Waals surface area contributed by atoms with Gasteiger partial charge < -0.3 is 9.64 Å². The van der Waals surface area contributed by atoms with Crippen LogP contribution in [0.1, 0.15) is 45.1 Å². The summed E-state index contributed by atoms with van der Waals surface area (Å²) in [5.41, 5.74) is 0.618. The average Bonchev–Trinajstić information content (AvgIpc) is 2.60. The van der Waals surface area contributed by atoms with E-state index in [1.807, 2.05) is 19.9 Å². The van der Waals surface area contributed by atoms with E-state index in [-0.39, 0.29) is 17.2 Å². The number of ether oxygens (including phenoxy) is 1. The number of alkyl halides is 2. The highest BCUT2D eigenvalue weighted by molar-refractivity contribution is 6.01. The molecule has 0 bridgehead atoms. The Bertz CT molecular complexity index is 599. The lowest BCUT2D eigenvalue weighted by atomic mass is 10.1. The van der Waals surface area contributed by atoms with Crippen molar-refractivity contribution in [2.75, 3.05) is 13.1 Å². The number of rotatable bonds is 10. The van der Waals surface area contributed by atoms with Crippen LogP contribution in [0.2, 0.25) is 0 Å². The van der Waals surface area contributed by atoms with Crippen LogP contribution >= 0.6 is 0 Å². The topological polar surface area (TPSA) is 53.3 Å².